The first-order chi connectivity index (χ1) is 11.1. The molecule has 0 unspecified atom stereocenters. The van der Waals surface area contributed by atoms with Gasteiger partial charge >= 0.3 is 6.03 Å². The van der Waals surface area contributed by atoms with Crippen LogP contribution in [0.4, 0.5) is 4.79 Å². The van der Waals surface area contributed by atoms with Crippen molar-refractivity contribution in [2.45, 2.75) is 44.7 Å². The van der Waals surface area contributed by atoms with Crippen LogP contribution in [0.2, 0.25) is 0 Å². The van der Waals surface area contributed by atoms with Gasteiger partial charge in [0.2, 0.25) is 5.91 Å². The van der Waals surface area contributed by atoms with Crippen LogP contribution in [0.25, 0.3) is 0 Å². The van der Waals surface area contributed by atoms with Crippen LogP contribution in [0, 0.1) is 5.92 Å². The highest BCUT2D eigenvalue weighted by Crippen LogP contribution is 2.29. The van der Waals surface area contributed by atoms with E-state index in [0.29, 0.717) is 31.2 Å². The zero-order valence-electron chi connectivity index (χ0n) is 13.5. The van der Waals surface area contributed by atoms with E-state index in [2.05, 4.69) is 10.5 Å². The number of nitrogens with one attached hydrogen (secondary N) is 1. The Bertz CT molecular complexity index is 540. The van der Waals surface area contributed by atoms with Crippen LogP contribution >= 0.6 is 0 Å². The number of hydrogen-bond acceptors (Lipinski definition) is 4. The van der Waals surface area contributed by atoms with E-state index in [0.717, 1.165) is 19.4 Å². The number of carbonyl (C=O) groups is 2. The number of nitrogens with zero attached hydrogens (tertiary/aromatic N) is 3. The number of amides is 3. The predicted octanol–water partition coefficient (Wildman–Crippen LogP) is 1.61. The van der Waals surface area contributed by atoms with Crippen molar-refractivity contribution in [1.82, 2.24) is 20.3 Å². The summed E-state index contributed by atoms with van der Waals surface area (Å²) in [6.07, 6.45) is 6.75. The fourth-order valence-electron chi connectivity index (χ4n) is 3.60. The third kappa shape index (κ3) is 3.83. The molecular formula is C16H24N4O3. The Kier molecular flexibility index (Phi) is 4.83. The van der Waals surface area contributed by atoms with Crippen molar-refractivity contribution in [3.63, 3.8) is 0 Å². The first-order valence-electron chi connectivity index (χ1n) is 8.31. The van der Waals surface area contributed by atoms with Gasteiger partial charge in [-0.05, 0) is 12.8 Å². The molecule has 1 aliphatic heterocycles. The smallest absolute Gasteiger partial charge is 0.317 e. The minimum atomic E-state index is -0.153. The Morgan fingerprint density at radius 2 is 2.26 bits per heavy atom. The van der Waals surface area contributed by atoms with Gasteiger partial charge in [0.1, 0.15) is 12.0 Å². The highest BCUT2D eigenvalue weighted by Gasteiger charge is 2.36. The number of carbonyl (C=O) groups excluding carboxylic acids is 2. The summed E-state index contributed by atoms with van der Waals surface area (Å²) in [7, 11) is 1.76. The van der Waals surface area contributed by atoms with Gasteiger partial charge < -0.3 is 19.6 Å². The van der Waals surface area contributed by atoms with Gasteiger partial charge in [0.05, 0.1) is 6.54 Å². The minimum absolute atomic E-state index is 0.153. The molecule has 0 bridgehead atoms. The average molecular weight is 320 g/mol. The van der Waals surface area contributed by atoms with Gasteiger partial charge in [0.15, 0.2) is 0 Å². The summed E-state index contributed by atoms with van der Waals surface area (Å²) < 4.78 is 4.73. The number of aromatic nitrogens is 1. The molecule has 2 heterocycles. The van der Waals surface area contributed by atoms with Crippen molar-refractivity contribution in [2.24, 2.45) is 5.92 Å². The molecule has 1 aliphatic carbocycles. The third-order valence-corrected chi connectivity index (χ3v) is 4.79. The van der Waals surface area contributed by atoms with Crippen LogP contribution in [-0.2, 0) is 11.3 Å². The minimum Gasteiger partial charge on any atom is -0.364 e. The molecule has 1 aromatic rings. The summed E-state index contributed by atoms with van der Waals surface area (Å²) in [4.78, 5) is 28.0. The van der Waals surface area contributed by atoms with Crippen molar-refractivity contribution >= 4 is 11.9 Å². The van der Waals surface area contributed by atoms with Crippen LogP contribution in [0.15, 0.2) is 16.9 Å². The zero-order valence-corrected chi connectivity index (χ0v) is 13.5. The molecule has 2 fully saturated rings. The van der Waals surface area contributed by atoms with E-state index in [9.17, 15) is 9.59 Å². The van der Waals surface area contributed by atoms with Crippen LogP contribution in [0.1, 0.15) is 37.8 Å². The molecule has 0 spiro atoms. The molecule has 1 saturated carbocycles. The van der Waals surface area contributed by atoms with Gasteiger partial charge in [-0.3, -0.25) is 4.79 Å². The fraction of sp³-hybridized carbons (Fsp3) is 0.688. The third-order valence-electron chi connectivity index (χ3n) is 4.79. The van der Waals surface area contributed by atoms with E-state index in [1.807, 2.05) is 4.90 Å². The first kappa shape index (κ1) is 15.8. The molecule has 7 heteroatoms. The maximum atomic E-state index is 12.2. The van der Waals surface area contributed by atoms with E-state index in [4.69, 9.17) is 4.52 Å². The summed E-state index contributed by atoms with van der Waals surface area (Å²) >= 11 is 0. The SMILES string of the molecule is CN(C[C@@H]1CC(=O)N(C2CCCC2)C1)C(=O)NCc1ccon1. The Hall–Kier alpha value is -2.05. The second kappa shape index (κ2) is 7.02. The summed E-state index contributed by atoms with van der Waals surface area (Å²) in [5.74, 6) is 0.476. The molecule has 126 valence electrons. The number of likely N-dealkylation sites (tertiary alicyclic amines) is 1. The summed E-state index contributed by atoms with van der Waals surface area (Å²) in [6, 6.07) is 1.99. The molecule has 1 N–H and O–H groups in total. The van der Waals surface area contributed by atoms with Gasteiger partial charge in [-0.1, -0.05) is 18.0 Å². The lowest BCUT2D eigenvalue weighted by Gasteiger charge is -2.25. The van der Waals surface area contributed by atoms with Gasteiger partial charge in [0.25, 0.3) is 0 Å². The molecule has 3 rings (SSSR count). The fourth-order valence-corrected chi connectivity index (χ4v) is 3.60. The topological polar surface area (TPSA) is 78.7 Å². The van der Waals surface area contributed by atoms with Crippen molar-refractivity contribution in [2.75, 3.05) is 20.1 Å². The van der Waals surface area contributed by atoms with Crippen LogP contribution in [-0.4, -0.2) is 53.1 Å². The molecule has 0 radical (unpaired) electrons. The highest BCUT2D eigenvalue weighted by atomic mass is 16.5. The van der Waals surface area contributed by atoms with Crippen molar-refractivity contribution in [1.29, 1.82) is 0 Å². The number of rotatable bonds is 5. The maximum Gasteiger partial charge on any atom is 0.317 e. The molecule has 1 aromatic heterocycles. The van der Waals surface area contributed by atoms with Crippen LogP contribution in [0.3, 0.4) is 0 Å². The summed E-state index contributed by atoms with van der Waals surface area (Å²) in [6.45, 7) is 1.72. The molecular weight excluding hydrogens is 296 g/mol. The zero-order chi connectivity index (χ0) is 16.2. The largest absolute Gasteiger partial charge is 0.364 e. The van der Waals surface area contributed by atoms with E-state index >= 15 is 0 Å². The second-order valence-corrected chi connectivity index (χ2v) is 6.58. The Balaban J connectivity index is 1.45. The first-order valence-corrected chi connectivity index (χ1v) is 8.31. The quantitative estimate of drug-likeness (QED) is 0.894. The number of hydrogen-bond donors (Lipinski definition) is 1. The molecule has 7 nitrogen and oxygen atoms in total. The van der Waals surface area contributed by atoms with Crippen molar-refractivity contribution in [3.8, 4) is 0 Å². The van der Waals surface area contributed by atoms with Gasteiger partial charge in [-0.2, -0.15) is 0 Å². The molecule has 3 amide bonds. The second-order valence-electron chi connectivity index (χ2n) is 6.58. The van der Waals surface area contributed by atoms with Gasteiger partial charge in [-0.15, -0.1) is 0 Å². The van der Waals surface area contributed by atoms with Crippen LogP contribution in [0.5, 0.6) is 0 Å². The summed E-state index contributed by atoms with van der Waals surface area (Å²) in [5.41, 5.74) is 0.690. The van der Waals surface area contributed by atoms with E-state index in [-0.39, 0.29) is 17.9 Å². The molecule has 1 saturated heterocycles. The monoisotopic (exact) mass is 320 g/mol. The Morgan fingerprint density at radius 1 is 1.48 bits per heavy atom. The highest BCUT2D eigenvalue weighted by molar-refractivity contribution is 5.79. The molecule has 1 atom stereocenters. The lowest BCUT2D eigenvalue weighted by atomic mass is 10.1. The summed E-state index contributed by atoms with van der Waals surface area (Å²) in [5, 5.41) is 6.56. The molecule has 2 aliphatic rings. The van der Waals surface area contributed by atoms with E-state index < -0.39 is 0 Å². The van der Waals surface area contributed by atoms with Gasteiger partial charge in [0, 0.05) is 44.6 Å². The molecule has 0 aromatic carbocycles. The van der Waals surface area contributed by atoms with Gasteiger partial charge in [-0.25, -0.2) is 4.79 Å². The Labute approximate surface area is 136 Å². The van der Waals surface area contributed by atoms with Crippen molar-refractivity contribution in [3.05, 3.63) is 18.0 Å². The predicted molar refractivity (Wildman–Crippen MR) is 83.4 cm³/mol. The van der Waals surface area contributed by atoms with Crippen LogP contribution < -0.4 is 5.32 Å². The van der Waals surface area contributed by atoms with Crippen molar-refractivity contribution < 1.29 is 14.1 Å². The maximum absolute atomic E-state index is 12.2. The number of urea groups is 1. The normalized spacial score (nSPS) is 21.9. The lowest BCUT2D eigenvalue weighted by Crippen LogP contribution is -2.40. The Morgan fingerprint density at radius 3 is 2.96 bits per heavy atom. The lowest BCUT2D eigenvalue weighted by molar-refractivity contribution is -0.129. The average Bonchev–Trinajstić information content (AvgIpc) is 3.26. The van der Waals surface area contributed by atoms with E-state index in [1.165, 1.54) is 19.1 Å². The molecule has 23 heavy (non-hydrogen) atoms. The standard InChI is InChI=1S/C16H24N4O3/c1-19(16(22)17-9-13-6-7-23-18-13)10-12-8-15(21)20(11-12)14-4-2-3-5-14/h6-7,12,14H,2-5,8-11H2,1H3,(H,17,22)/t12-/m0/s1. The van der Waals surface area contributed by atoms with E-state index in [1.54, 1.807) is 18.0 Å².